The molecule has 0 atom stereocenters. The molecule has 1 fully saturated rings. The third-order valence-corrected chi connectivity index (χ3v) is 4.00. The minimum Gasteiger partial charge on any atom is -0.383 e. The monoisotopic (exact) mass is 308 g/mol. The number of aromatic nitrogens is 2. The minimum atomic E-state index is -0.399. The fourth-order valence-corrected chi connectivity index (χ4v) is 2.61. The topological polar surface area (TPSA) is 76.5 Å². The zero-order chi connectivity index (χ0) is 15.8. The van der Waals surface area contributed by atoms with Gasteiger partial charge in [-0.05, 0) is 37.9 Å². The molecule has 1 amide bonds. The second kappa shape index (κ2) is 8.65. The summed E-state index contributed by atoms with van der Waals surface area (Å²) in [6.07, 6.45) is 5.16. The lowest BCUT2D eigenvalue weighted by atomic mass is 9.97. The molecule has 1 aromatic rings. The maximum atomic E-state index is 11.9. The summed E-state index contributed by atoms with van der Waals surface area (Å²) in [5.41, 5.74) is -0.399. The molecule has 1 aliphatic rings. The van der Waals surface area contributed by atoms with Crippen LogP contribution in [0.4, 0.5) is 0 Å². The Labute approximate surface area is 130 Å². The van der Waals surface area contributed by atoms with E-state index in [2.05, 4.69) is 15.2 Å². The van der Waals surface area contributed by atoms with E-state index in [-0.39, 0.29) is 12.5 Å². The number of carbonyl (C=O) groups is 1. The predicted molar refractivity (Wildman–Crippen MR) is 82.5 cm³/mol. The van der Waals surface area contributed by atoms with E-state index in [1.54, 1.807) is 19.4 Å². The zero-order valence-corrected chi connectivity index (χ0v) is 13.0. The lowest BCUT2D eigenvalue weighted by Crippen LogP contribution is -2.41. The molecule has 0 saturated carbocycles. The van der Waals surface area contributed by atoms with Crippen molar-refractivity contribution in [1.82, 2.24) is 19.8 Å². The normalized spacial score (nSPS) is 16.6. The number of rotatable bonds is 7. The second-order valence-electron chi connectivity index (χ2n) is 5.61. The number of amides is 1. The van der Waals surface area contributed by atoms with Crippen LogP contribution in [0.15, 0.2) is 23.3 Å². The van der Waals surface area contributed by atoms with Gasteiger partial charge in [0.1, 0.15) is 6.54 Å². The SMILES string of the molecule is COCCN1CCC(CNC(=O)Cn2cccnc2=O)CC1. The van der Waals surface area contributed by atoms with Crippen LogP contribution in [0.3, 0.4) is 0 Å². The van der Waals surface area contributed by atoms with E-state index in [4.69, 9.17) is 4.74 Å². The molecule has 1 aromatic heterocycles. The average molecular weight is 308 g/mol. The molecule has 0 aliphatic carbocycles. The lowest BCUT2D eigenvalue weighted by molar-refractivity contribution is -0.122. The second-order valence-corrected chi connectivity index (χ2v) is 5.61. The van der Waals surface area contributed by atoms with Crippen LogP contribution in [0.2, 0.25) is 0 Å². The van der Waals surface area contributed by atoms with Gasteiger partial charge in [-0.15, -0.1) is 0 Å². The van der Waals surface area contributed by atoms with Crippen LogP contribution in [0.1, 0.15) is 12.8 Å². The largest absolute Gasteiger partial charge is 0.383 e. The number of nitrogens with zero attached hydrogens (tertiary/aromatic N) is 3. The van der Waals surface area contributed by atoms with Gasteiger partial charge in [-0.25, -0.2) is 9.78 Å². The van der Waals surface area contributed by atoms with Crippen LogP contribution < -0.4 is 11.0 Å². The van der Waals surface area contributed by atoms with Crippen molar-refractivity contribution in [3.8, 4) is 0 Å². The first-order valence-corrected chi connectivity index (χ1v) is 7.68. The summed E-state index contributed by atoms with van der Waals surface area (Å²) in [6.45, 7) is 4.53. The number of hydrogen-bond donors (Lipinski definition) is 1. The molecular formula is C15H24N4O3. The molecule has 2 rings (SSSR count). The van der Waals surface area contributed by atoms with Crippen molar-refractivity contribution in [2.24, 2.45) is 5.92 Å². The fraction of sp³-hybridized carbons (Fsp3) is 0.667. The summed E-state index contributed by atoms with van der Waals surface area (Å²) in [5.74, 6) is 0.366. The Balaban J connectivity index is 1.67. The van der Waals surface area contributed by atoms with Crippen LogP contribution in [-0.4, -0.2) is 60.3 Å². The van der Waals surface area contributed by atoms with Crippen LogP contribution in [0.5, 0.6) is 0 Å². The third-order valence-electron chi connectivity index (χ3n) is 4.00. The number of piperidine rings is 1. The number of carbonyl (C=O) groups excluding carboxylic acids is 1. The summed E-state index contributed by atoms with van der Waals surface area (Å²) >= 11 is 0. The smallest absolute Gasteiger partial charge is 0.347 e. The van der Waals surface area contributed by atoms with E-state index in [0.29, 0.717) is 12.5 Å². The van der Waals surface area contributed by atoms with Crippen molar-refractivity contribution >= 4 is 5.91 Å². The van der Waals surface area contributed by atoms with Gasteiger partial charge >= 0.3 is 5.69 Å². The molecule has 7 nitrogen and oxygen atoms in total. The standard InChI is InChI=1S/C15H24N4O3/c1-22-10-9-18-7-3-13(4-8-18)11-17-14(20)12-19-6-2-5-16-15(19)21/h2,5-6,13H,3-4,7-12H2,1H3,(H,17,20). The van der Waals surface area contributed by atoms with Gasteiger partial charge in [0.15, 0.2) is 0 Å². The molecule has 0 bridgehead atoms. The Morgan fingerprint density at radius 2 is 2.23 bits per heavy atom. The van der Waals surface area contributed by atoms with Crippen molar-refractivity contribution in [3.05, 3.63) is 28.9 Å². The summed E-state index contributed by atoms with van der Waals surface area (Å²) in [7, 11) is 1.72. The first kappa shape index (κ1) is 16.6. The van der Waals surface area contributed by atoms with Crippen molar-refractivity contribution in [3.63, 3.8) is 0 Å². The van der Waals surface area contributed by atoms with Crippen LogP contribution in [0.25, 0.3) is 0 Å². The molecular weight excluding hydrogens is 284 g/mol. The number of methoxy groups -OCH3 is 1. The Kier molecular flexibility index (Phi) is 6.54. The molecule has 7 heteroatoms. The average Bonchev–Trinajstić information content (AvgIpc) is 2.54. The van der Waals surface area contributed by atoms with E-state index in [0.717, 1.165) is 39.1 Å². The van der Waals surface area contributed by atoms with Gasteiger partial charge in [0.2, 0.25) is 5.91 Å². The van der Waals surface area contributed by atoms with E-state index in [1.165, 1.54) is 10.8 Å². The number of likely N-dealkylation sites (tertiary alicyclic amines) is 1. The van der Waals surface area contributed by atoms with Gasteiger partial charge in [0.25, 0.3) is 0 Å². The molecule has 1 aliphatic heterocycles. The Hall–Kier alpha value is -1.73. The van der Waals surface area contributed by atoms with E-state index in [9.17, 15) is 9.59 Å². The van der Waals surface area contributed by atoms with E-state index < -0.39 is 5.69 Å². The highest BCUT2D eigenvalue weighted by Crippen LogP contribution is 2.15. The first-order valence-electron chi connectivity index (χ1n) is 7.68. The van der Waals surface area contributed by atoms with Crippen molar-refractivity contribution in [2.45, 2.75) is 19.4 Å². The molecule has 0 spiro atoms. The van der Waals surface area contributed by atoms with Gasteiger partial charge < -0.3 is 15.0 Å². The van der Waals surface area contributed by atoms with Gasteiger partial charge in [0.05, 0.1) is 6.61 Å². The van der Waals surface area contributed by atoms with Crippen LogP contribution >= 0.6 is 0 Å². The summed E-state index contributed by atoms with van der Waals surface area (Å²) in [6, 6.07) is 1.64. The fourth-order valence-electron chi connectivity index (χ4n) is 2.61. The van der Waals surface area contributed by atoms with E-state index in [1.807, 2.05) is 0 Å². The quantitative estimate of drug-likeness (QED) is 0.749. The van der Waals surface area contributed by atoms with Crippen LogP contribution in [-0.2, 0) is 16.1 Å². The molecule has 2 heterocycles. The number of hydrogen-bond acceptors (Lipinski definition) is 5. The number of nitrogens with one attached hydrogen (secondary N) is 1. The van der Waals surface area contributed by atoms with Crippen molar-refractivity contribution in [2.75, 3.05) is 39.9 Å². The van der Waals surface area contributed by atoms with Crippen molar-refractivity contribution in [1.29, 1.82) is 0 Å². The maximum Gasteiger partial charge on any atom is 0.347 e. The maximum absolute atomic E-state index is 11.9. The number of ether oxygens (including phenoxy) is 1. The Morgan fingerprint density at radius 1 is 1.45 bits per heavy atom. The van der Waals surface area contributed by atoms with Gasteiger partial charge in [0, 0.05) is 32.6 Å². The highest BCUT2D eigenvalue weighted by atomic mass is 16.5. The predicted octanol–water partition coefficient (Wildman–Crippen LogP) is -0.282. The summed E-state index contributed by atoms with van der Waals surface area (Å²) in [4.78, 5) is 29.3. The molecule has 122 valence electrons. The van der Waals surface area contributed by atoms with Gasteiger partial charge in [-0.2, -0.15) is 0 Å². The first-order chi connectivity index (χ1) is 10.7. The lowest BCUT2D eigenvalue weighted by Gasteiger charge is -2.31. The zero-order valence-electron chi connectivity index (χ0n) is 13.0. The highest BCUT2D eigenvalue weighted by Gasteiger charge is 2.19. The molecule has 22 heavy (non-hydrogen) atoms. The Bertz CT molecular complexity index is 524. The molecule has 0 radical (unpaired) electrons. The minimum absolute atomic E-state index is 0.0271. The summed E-state index contributed by atoms with van der Waals surface area (Å²) < 4.78 is 6.39. The highest BCUT2D eigenvalue weighted by molar-refractivity contribution is 5.75. The molecule has 0 unspecified atom stereocenters. The summed E-state index contributed by atoms with van der Waals surface area (Å²) in [5, 5.41) is 2.92. The molecule has 1 saturated heterocycles. The van der Waals surface area contributed by atoms with E-state index >= 15 is 0 Å². The molecule has 1 N–H and O–H groups in total. The van der Waals surface area contributed by atoms with Crippen molar-refractivity contribution < 1.29 is 9.53 Å². The van der Waals surface area contributed by atoms with Crippen LogP contribution in [0, 0.1) is 5.92 Å². The Morgan fingerprint density at radius 3 is 2.91 bits per heavy atom. The van der Waals surface area contributed by atoms with Gasteiger partial charge in [-0.1, -0.05) is 0 Å². The third kappa shape index (κ3) is 5.23. The molecule has 0 aromatic carbocycles. The van der Waals surface area contributed by atoms with Gasteiger partial charge in [-0.3, -0.25) is 9.36 Å².